The van der Waals surface area contributed by atoms with Gasteiger partial charge in [-0.05, 0) is 79.8 Å². The molecule has 0 unspecified atom stereocenters. The van der Waals surface area contributed by atoms with Crippen molar-refractivity contribution in [1.82, 2.24) is 4.90 Å². The van der Waals surface area contributed by atoms with Gasteiger partial charge in [-0.3, -0.25) is 4.79 Å². The summed E-state index contributed by atoms with van der Waals surface area (Å²) in [5, 5.41) is 11.4. The largest absolute Gasteiger partial charge is 0.481 e. The molecule has 1 aliphatic heterocycles. The first-order chi connectivity index (χ1) is 15.2. The molecule has 1 amide bonds. The molecule has 1 saturated heterocycles. The van der Waals surface area contributed by atoms with E-state index in [2.05, 4.69) is 30.4 Å². The molecule has 0 radical (unpaired) electrons. The number of fused-ring (bicyclic) bond motifs is 2. The van der Waals surface area contributed by atoms with Crippen LogP contribution in [0.25, 0.3) is 17.7 Å². The number of ether oxygens (including phenoxy) is 1. The Morgan fingerprint density at radius 3 is 2.38 bits per heavy atom. The summed E-state index contributed by atoms with van der Waals surface area (Å²) < 4.78 is 5.54. The van der Waals surface area contributed by atoms with Gasteiger partial charge in [0.25, 0.3) is 0 Å². The van der Waals surface area contributed by atoms with E-state index >= 15 is 0 Å². The topological polar surface area (TPSA) is 66.8 Å². The first-order valence-corrected chi connectivity index (χ1v) is 11.8. The molecule has 0 saturated carbocycles. The fourth-order valence-corrected chi connectivity index (χ4v) is 5.25. The molecule has 6 heteroatoms. The highest BCUT2D eigenvalue weighted by Crippen LogP contribution is 2.36. The number of piperidine rings is 1. The first-order valence-electron chi connectivity index (χ1n) is 11.0. The lowest BCUT2D eigenvalue weighted by atomic mass is 9.93. The van der Waals surface area contributed by atoms with Crippen molar-refractivity contribution in [3.63, 3.8) is 0 Å². The highest BCUT2D eigenvalue weighted by Gasteiger charge is 2.26. The average Bonchev–Trinajstić information content (AvgIpc) is 3.06. The standard InChI is InChI=1S/C26H29NO4S/c1-26(2,3)31-25(30)27-12-10-17(11-13-27)21-14-18-6-4-5-7-19(18)15-23-22(21)16-20(32-23)8-9-24(28)29/h4-7,14-16H,8-13H2,1-3H3,(H,28,29). The van der Waals surface area contributed by atoms with Gasteiger partial charge in [0.05, 0.1) is 6.42 Å². The Hall–Kier alpha value is -2.86. The molecule has 2 aliphatic rings. The summed E-state index contributed by atoms with van der Waals surface area (Å²) in [5.41, 5.74) is 3.22. The number of carbonyl (C=O) groups excluding carboxylic acids is 1. The number of allylic oxidation sites excluding steroid dienone is 1. The van der Waals surface area contributed by atoms with Crippen molar-refractivity contribution in [3.05, 3.63) is 61.7 Å². The maximum Gasteiger partial charge on any atom is 0.410 e. The van der Waals surface area contributed by atoms with Gasteiger partial charge in [0.2, 0.25) is 0 Å². The van der Waals surface area contributed by atoms with Crippen LogP contribution < -0.4 is 10.4 Å². The van der Waals surface area contributed by atoms with Crippen LogP contribution in [-0.2, 0) is 16.0 Å². The monoisotopic (exact) mass is 451 g/mol. The Bertz CT molecular complexity index is 1190. The average molecular weight is 452 g/mol. The molecule has 32 heavy (non-hydrogen) atoms. The van der Waals surface area contributed by atoms with Gasteiger partial charge in [0.1, 0.15) is 5.60 Å². The third-order valence-electron chi connectivity index (χ3n) is 5.67. The van der Waals surface area contributed by atoms with Crippen LogP contribution in [0.2, 0.25) is 0 Å². The maximum absolute atomic E-state index is 12.5. The number of aliphatic carboxylic acids is 1. The number of nitrogens with zero attached hydrogens (tertiary/aromatic N) is 1. The van der Waals surface area contributed by atoms with Gasteiger partial charge >= 0.3 is 12.1 Å². The van der Waals surface area contributed by atoms with Crippen molar-refractivity contribution < 1.29 is 19.4 Å². The molecule has 5 nitrogen and oxygen atoms in total. The number of rotatable bonds is 3. The molecule has 0 atom stereocenters. The quantitative estimate of drug-likeness (QED) is 0.761. The number of hydrogen-bond acceptors (Lipinski definition) is 4. The number of carboxylic acids is 1. The fourth-order valence-electron chi connectivity index (χ4n) is 4.12. The predicted molar refractivity (Wildman–Crippen MR) is 128 cm³/mol. The summed E-state index contributed by atoms with van der Waals surface area (Å²) in [5.74, 6) is -0.775. The number of thiophene rings is 1. The van der Waals surface area contributed by atoms with Crippen LogP contribution in [0.3, 0.4) is 0 Å². The number of carbonyl (C=O) groups is 2. The number of benzene rings is 1. The van der Waals surface area contributed by atoms with Gasteiger partial charge in [0.15, 0.2) is 0 Å². The minimum atomic E-state index is -0.775. The minimum Gasteiger partial charge on any atom is -0.481 e. The van der Waals surface area contributed by atoms with Crippen molar-refractivity contribution in [2.75, 3.05) is 13.1 Å². The van der Waals surface area contributed by atoms with Crippen LogP contribution in [-0.4, -0.2) is 40.8 Å². The minimum absolute atomic E-state index is 0.135. The Labute approximate surface area is 192 Å². The van der Waals surface area contributed by atoms with Crippen LogP contribution in [0.4, 0.5) is 4.79 Å². The predicted octanol–water partition coefficient (Wildman–Crippen LogP) is 4.17. The van der Waals surface area contributed by atoms with Crippen molar-refractivity contribution in [2.24, 2.45) is 0 Å². The summed E-state index contributed by atoms with van der Waals surface area (Å²) in [4.78, 5) is 27.6. The van der Waals surface area contributed by atoms with Gasteiger partial charge < -0.3 is 14.7 Å². The highest BCUT2D eigenvalue weighted by molar-refractivity contribution is 7.13. The number of hydrogen-bond donors (Lipinski definition) is 1. The number of aryl methyl sites for hydroxylation is 1. The molecule has 0 bridgehead atoms. The van der Waals surface area contributed by atoms with Crippen molar-refractivity contribution in [2.45, 2.75) is 52.1 Å². The maximum atomic E-state index is 12.5. The third kappa shape index (κ3) is 5.13. The Kier molecular flexibility index (Phi) is 6.24. The first kappa shape index (κ1) is 22.3. The summed E-state index contributed by atoms with van der Waals surface area (Å²) in [6.07, 6.45) is 6.48. The van der Waals surface area contributed by atoms with E-state index in [0.717, 1.165) is 17.7 Å². The second kappa shape index (κ2) is 8.94. The molecule has 1 aliphatic carbocycles. The lowest BCUT2D eigenvalue weighted by Gasteiger charge is -2.31. The van der Waals surface area contributed by atoms with E-state index in [0.29, 0.717) is 19.5 Å². The van der Waals surface area contributed by atoms with Crippen LogP contribution in [0.1, 0.15) is 55.4 Å². The van der Waals surface area contributed by atoms with Gasteiger partial charge in [0, 0.05) is 22.8 Å². The van der Waals surface area contributed by atoms with E-state index in [-0.39, 0.29) is 12.5 Å². The molecule has 2 aromatic rings. The smallest absolute Gasteiger partial charge is 0.410 e. The van der Waals surface area contributed by atoms with Crippen LogP contribution in [0.5, 0.6) is 0 Å². The molecule has 1 aromatic heterocycles. The van der Waals surface area contributed by atoms with Gasteiger partial charge in [-0.1, -0.05) is 29.8 Å². The number of carboxylic acid groups (broad SMARTS) is 1. The lowest BCUT2D eigenvalue weighted by Crippen LogP contribution is -2.40. The molecule has 0 spiro atoms. The zero-order valence-corrected chi connectivity index (χ0v) is 19.6. The fraction of sp³-hybridized carbons (Fsp3) is 0.385. The Morgan fingerprint density at radius 1 is 1.09 bits per heavy atom. The summed E-state index contributed by atoms with van der Waals surface area (Å²) in [6.45, 7) is 6.93. The van der Waals surface area contributed by atoms with E-state index in [1.54, 1.807) is 16.2 Å². The second-order valence-electron chi connectivity index (χ2n) is 9.29. The summed E-state index contributed by atoms with van der Waals surface area (Å²) in [7, 11) is 0. The van der Waals surface area contributed by atoms with Gasteiger partial charge in [-0.15, -0.1) is 11.3 Å². The molecule has 168 valence electrons. The van der Waals surface area contributed by atoms with E-state index < -0.39 is 11.6 Å². The lowest BCUT2D eigenvalue weighted by molar-refractivity contribution is -0.136. The Balaban J connectivity index is 1.68. The molecule has 1 fully saturated rings. The zero-order valence-electron chi connectivity index (χ0n) is 18.8. The third-order valence-corrected chi connectivity index (χ3v) is 6.81. The number of likely N-dealkylation sites (tertiary alicyclic amines) is 1. The van der Waals surface area contributed by atoms with Gasteiger partial charge in [-0.25, -0.2) is 4.79 Å². The Morgan fingerprint density at radius 2 is 1.75 bits per heavy atom. The van der Waals surface area contributed by atoms with E-state index in [4.69, 9.17) is 9.84 Å². The van der Waals surface area contributed by atoms with Gasteiger partial charge in [-0.2, -0.15) is 0 Å². The summed E-state index contributed by atoms with van der Waals surface area (Å²) >= 11 is 1.68. The van der Waals surface area contributed by atoms with E-state index in [1.165, 1.54) is 32.0 Å². The molecular formula is C26H29NO4S. The molecule has 4 rings (SSSR count). The molecule has 1 aromatic carbocycles. The highest BCUT2D eigenvalue weighted by atomic mass is 32.1. The normalized spacial score (nSPS) is 15.8. The SMILES string of the molecule is CC(C)(C)OC(=O)N1CCC(=C2C=c3ccccc3=Cc3sc(CCC(=O)O)cc32)CC1. The van der Waals surface area contributed by atoms with Crippen LogP contribution in [0.15, 0.2) is 35.9 Å². The zero-order chi connectivity index (χ0) is 22.9. The van der Waals surface area contributed by atoms with Crippen molar-refractivity contribution >= 4 is 41.1 Å². The second-order valence-corrected chi connectivity index (χ2v) is 10.5. The number of amides is 1. The van der Waals surface area contributed by atoms with Crippen molar-refractivity contribution in [3.8, 4) is 0 Å². The molecular weight excluding hydrogens is 422 g/mol. The van der Waals surface area contributed by atoms with Crippen LogP contribution >= 0.6 is 11.3 Å². The molecule has 1 N–H and O–H groups in total. The van der Waals surface area contributed by atoms with Crippen molar-refractivity contribution in [1.29, 1.82) is 0 Å². The summed E-state index contributed by atoms with van der Waals surface area (Å²) in [6, 6.07) is 10.5. The van der Waals surface area contributed by atoms with E-state index in [9.17, 15) is 9.59 Å². The van der Waals surface area contributed by atoms with E-state index in [1.807, 2.05) is 32.9 Å². The van der Waals surface area contributed by atoms with Crippen LogP contribution in [0, 0.1) is 0 Å². The molecule has 2 heterocycles.